The molecule has 0 aromatic carbocycles. The second kappa shape index (κ2) is 7.27. The van der Waals surface area contributed by atoms with Gasteiger partial charge in [0.05, 0.1) is 0 Å². The van der Waals surface area contributed by atoms with Gasteiger partial charge in [-0.2, -0.15) is 0 Å². The molecule has 0 aliphatic carbocycles. The van der Waals surface area contributed by atoms with Gasteiger partial charge in [-0.25, -0.2) is 0 Å². The molecular formula is C12H24N2O3. The van der Waals surface area contributed by atoms with Crippen molar-refractivity contribution in [3.8, 4) is 0 Å². The SMILES string of the molecule is CCCOCC(=O)NC(C)C(=O)NC(C)(C)C. The standard InChI is InChI=1S/C12H24N2O3/c1-6-7-17-8-10(15)13-9(2)11(16)14-12(3,4)5/h9H,6-8H2,1-5H3,(H,13,15)(H,14,16). The lowest BCUT2D eigenvalue weighted by atomic mass is 10.1. The predicted molar refractivity (Wildman–Crippen MR) is 66.6 cm³/mol. The van der Waals surface area contributed by atoms with E-state index in [0.717, 1.165) is 6.42 Å². The van der Waals surface area contributed by atoms with Gasteiger partial charge < -0.3 is 15.4 Å². The molecule has 2 N–H and O–H groups in total. The number of ether oxygens (including phenoxy) is 1. The maximum absolute atomic E-state index is 11.7. The lowest BCUT2D eigenvalue weighted by Gasteiger charge is -2.23. The van der Waals surface area contributed by atoms with E-state index >= 15 is 0 Å². The number of carbonyl (C=O) groups excluding carboxylic acids is 2. The van der Waals surface area contributed by atoms with Gasteiger partial charge in [-0.1, -0.05) is 6.92 Å². The Hall–Kier alpha value is -1.10. The molecule has 1 unspecified atom stereocenters. The van der Waals surface area contributed by atoms with Gasteiger partial charge >= 0.3 is 0 Å². The minimum Gasteiger partial charge on any atom is -0.372 e. The fourth-order valence-electron chi connectivity index (χ4n) is 1.14. The first-order valence-corrected chi connectivity index (χ1v) is 5.95. The van der Waals surface area contributed by atoms with E-state index in [-0.39, 0.29) is 24.0 Å². The Morgan fingerprint density at radius 1 is 1.29 bits per heavy atom. The van der Waals surface area contributed by atoms with Crippen molar-refractivity contribution >= 4 is 11.8 Å². The number of nitrogens with one attached hydrogen (secondary N) is 2. The van der Waals surface area contributed by atoms with Gasteiger partial charge in [0.2, 0.25) is 11.8 Å². The van der Waals surface area contributed by atoms with Crippen LogP contribution in [0, 0.1) is 0 Å². The molecule has 0 saturated heterocycles. The summed E-state index contributed by atoms with van der Waals surface area (Å²) in [6.45, 7) is 9.85. The van der Waals surface area contributed by atoms with Crippen molar-refractivity contribution in [1.82, 2.24) is 10.6 Å². The first-order valence-electron chi connectivity index (χ1n) is 5.95. The molecular weight excluding hydrogens is 220 g/mol. The molecule has 0 radical (unpaired) electrons. The molecule has 0 rings (SSSR count). The predicted octanol–water partition coefficient (Wildman–Crippen LogP) is 0.832. The summed E-state index contributed by atoms with van der Waals surface area (Å²) in [5.41, 5.74) is -0.297. The second-order valence-electron chi connectivity index (χ2n) is 5.08. The van der Waals surface area contributed by atoms with Gasteiger partial charge in [-0.05, 0) is 34.1 Å². The molecule has 0 aliphatic rings. The number of hydrogen-bond donors (Lipinski definition) is 2. The van der Waals surface area contributed by atoms with Crippen LogP contribution in [0.4, 0.5) is 0 Å². The molecule has 100 valence electrons. The molecule has 0 aromatic heterocycles. The highest BCUT2D eigenvalue weighted by atomic mass is 16.5. The highest BCUT2D eigenvalue weighted by Gasteiger charge is 2.20. The molecule has 2 amide bonds. The minimum absolute atomic E-state index is 0.000970. The van der Waals surface area contributed by atoms with Crippen molar-refractivity contribution in [2.45, 2.75) is 52.6 Å². The van der Waals surface area contributed by atoms with Gasteiger partial charge in [0.25, 0.3) is 0 Å². The van der Waals surface area contributed by atoms with Gasteiger partial charge in [0, 0.05) is 12.1 Å². The fraction of sp³-hybridized carbons (Fsp3) is 0.833. The molecule has 1 atom stereocenters. The maximum atomic E-state index is 11.7. The molecule has 5 heteroatoms. The van der Waals surface area contributed by atoms with Crippen LogP contribution in [0.2, 0.25) is 0 Å². The Morgan fingerprint density at radius 3 is 2.35 bits per heavy atom. The van der Waals surface area contributed by atoms with Crippen molar-refractivity contribution in [2.24, 2.45) is 0 Å². The molecule has 0 bridgehead atoms. The Kier molecular flexibility index (Phi) is 6.80. The third-order valence-corrected chi connectivity index (χ3v) is 1.85. The Labute approximate surface area is 103 Å². The summed E-state index contributed by atoms with van der Waals surface area (Å²) < 4.78 is 5.08. The van der Waals surface area contributed by atoms with E-state index in [1.807, 2.05) is 27.7 Å². The molecule has 0 heterocycles. The van der Waals surface area contributed by atoms with Gasteiger partial charge in [-0.3, -0.25) is 9.59 Å². The monoisotopic (exact) mass is 244 g/mol. The Balaban J connectivity index is 3.95. The summed E-state index contributed by atoms with van der Waals surface area (Å²) in [4.78, 5) is 23.0. The number of hydrogen-bond acceptors (Lipinski definition) is 3. The molecule has 0 spiro atoms. The number of rotatable bonds is 6. The largest absolute Gasteiger partial charge is 0.372 e. The van der Waals surface area contributed by atoms with Gasteiger partial charge in [-0.15, -0.1) is 0 Å². The second-order valence-corrected chi connectivity index (χ2v) is 5.08. The van der Waals surface area contributed by atoms with Crippen molar-refractivity contribution in [1.29, 1.82) is 0 Å². The van der Waals surface area contributed by atoms with Crippen molar-refractivity contribution < 1.29 is 14.3 Å². The topological polar surface area (TPSA) is 67.4 Å². The third-order valence-electron chi connectivity index (χ3n) is 1.85. The fourth-order valence-corrected chi connectivity index (χ4v) is 1.14. The van der Waals surface area contributed by atoms with E-state index in [4.69, 9.17) is 4.74 Å². The quantitative estimate of drug-likeness (QED) is 0.680. The Bertz CT molecular complexity index is 259. The lowest BCUT2D eigenvalue weighted by Crippen LogP contribution is -2.51. The maximum Gasteiger partial charge on any atom is 0.246 e. The van der Waals surface area contributed by atoms with Crippen LogP contribution in [-0.2, 0) is 14.3 Å². The molecule has 17 heavy (non-hydrogen) atoms. The summed E-state index contributed by atoms with van der Waals surface area (Å²) >= 11 is 0. The van der Waals surface area contributed by atoms with E-state index in [9.17, 15) is 9.59 Å². The van der Waals surface area contributed by atoms with Crippen LogP contribution in [0.15, 0.2) is 0 Å². The average molecular weight is 244 g/mol. The van der Waals surface area contributed by atoms with Crippen LogP contribution in [0.3, 0.4) is 0 Å². The number of carbonyl (C=O) groups is 2. The zero-order valence-electron chi connectivity index (χ0n) is 11.4. The minimum atomic E-state index is -0.549. The summed E-state index contributed by atoms with van der Waals surface area (Å²) in [6, 6.07) is -0.549. The Morgan fingerprint density at radius 2 is 1.88 bits per heavy atom. The first-order chi connectivity index (χ1) is 7.76. The van der Waals surface area contributed by atoms with E-state index in [1.54, 1.807) is 6.92 Å². The first kappa shape index (κ1) is 15.9. The molecule has 0 saturated carbocycles. The van der Waals surface area contributed by atoms with Crippen LogP contribution < -0.4 is 10.6 Å². The average Bonchev–Trinajstić information content (AvgIpc) is 2.15. The van der Waals surface area contributed by atoms with E-state index < -0.39 is 6.04 Å². The summed E-state index contributed by atoms with van der Waals surface area (Å²) in [7, 11) is 0. The zero-order valence-corrected chi connectivity index (χ0v) is 11.4. The van der Waals surface area contributed by atoms with E-state index in [1.165, 1.54) is 0 Å². The zero-order chi connectivity index (χ0) is 13.5. The highest BCUT2D eigenvalue weighted by Crippen LogP contribution is 1.99. The van der Waals surface area contributed by atoms with Crippen LogP contribution in [0.1, 0.15) is 41.0 Å². The van der Waals surface area contributed by atoms with Crippen molar-refractivity contribution in [3.05, 3.63) is 0 Å². The smallest absolute Gasteiger partial charge is 0.246 e. The van der Waals surface area contributed by atoms with Crippen LogP contribution >= 0.6 is 0 Å². The normalized spacial score (nSPS) is 13.0. The molecule has 0 aromatic rings. The van der Waals surface area contributed by atoms with Crippen molar-refractivity contribution in [3.63, 3.8) is 0 Å². The summed E-state index contributed by atoms with van der Waals surface area (Å²) in [6.07, 6.45) is 0.868. The van der Waals surface area contributed by atoms with Gasteiger partial charge in [0.15, 0.2) is 0 Å². The van der Waals surface area contributed by atoms with E-state index in [0.29, 0.717) is 6.61 Å². The third kappa shape index (κ3) is 8.68. The van der Waals surface area contributed by atoms with E-state index in [2.05, 4.69) is 10.6 Å². The van der Waals surface area contributed by atoms with Crippen LogP contribution in [0.25, 0.3) is 0 Å². The summed E-state index contributed by atoms with van der Waals surface area (Å²) in [5, 5.41) is 5.38. The van der Waals surface area contributed by atoms with Crippen molar-refractivity contribution in [2.75, 3.05) is 13.2 Å². The van der Waals surface area contributed by atoms with Gasteiger partial charge in [0.1, 0.15) is 12.6 Å². The van der Waals surface area contributed by atoms with Crippen LogP contribution in [0.5, 0.6) is 0 Å². The summed E-state index contributed by atoms with van der Waals surface area (Å²) in [5.74, 6) is -0.462. The number of amides is 2. The molecule has 0 aliphatic heterocycles. The van der Waals surface area contributed by atoms with Crippen LogP contribution in [-0.4, -0.2) is 36.6 Å². The molecule has 0 fully saturated rings. The highest BCUT2D eigenvalue weighted by molar-refractivity contribution is 5.88. The molecule has 5 nitrogen and oxygen atoms in total. The lowest BCUT2D eigenvalue weighted by molar-refractivity contribution is -0.131.